The molecule has 3 heteroatoms. The monoisotopic (exact) mass is 280 g/mol. The van der Waals surface area contributed by atoms with Crippen molar-refractivity contribution in [2.45, 2.75) is 84.2 Å². The number of hydrogen-bond acceptors (Lipinski definition) is 3. The standard InChI is InChI=1S/C16H28N2S/c1-4-14-15(11-17-12(2)3)19-16(18-14)13-9-7-5-6-8-10-13/h12-13,17H,4-11H2,1-3H3. The number of rotatable bonds is 5. The maximum Gasteiger partial charge on any atom is 0.0962 e. The van der Waals surface area contributed by atoms with Crippen LogP contribution in [0.4, 0.5) is 0 Å². The first-order valence-corrected chi connectivity index (χ1v) is 8.74. The molecule has 2 nitrogen and oxygen atoms in total. The van der Waals surface area contributed by atoms with E-state index in [-0.39, 0.29) is 0 Å². The fourth-order valence-electron chi connectivity index (χ4n) is 2.82. The van der Waals surface area contributed by atoms with Crippen LogP contribution in [0.15, 0.2) is 0 Å². The Hall–Kier alpha value is -0.410. The first-order chi connectivity index (χ1) is 9.20. The zero-order valence-corrected chi connectivity index (χ0v) is 13.5. The van der Waals surface area contributed by atoms with E-state index in [1.165, 1.54) is 54.1 Å². The highest BCUT2D eigenvalue weighted by molar-refractivity contribution is 7.11. The lowest BCUT2D eigenvalue weighted by atomic mass is 10.0. The number of hydrogen-bond donors (Lipinski definition) is 1. The van der Waals surface area contributed by atoms with Crippen LogP contribution in [0.5, 0.6) is 0 Å². The van der Waals surface area contributed by atoms with E-state index in [1.54, 1.807) is 0 Å². The van der Waals surface area contributed by atoms with Crippen molar-refractivity contribution in [2.24, 2.45) is 0 Å². The van der Waals surface area contributed by atoms with Gasteiger partial charge < -0.3 is 5.32 Å². The molecule has 0 aromatic carbocycles. The molecule has 1 N–H and O–H groups in total. The van der Waals surface area contributed by atoms with Gasteiger partial charge in [0.2, 0.25) is 0 Å². The molecule has 1 fully saturated rings. The maximum absolute atomic E-state index is 4.95. The zero-order chi connectivity index (χ0) is 13.7. The van der Waals surface area contributed by atoms with Crippen LogP contribution in [-0.4, -0.2) is 11.0 Å². The lowest BCUT2D eigenvalue weighted by Crippen LogP contribution is -2.21. The zero-order valence-electron chi connectivity index (χ0n) is 12.7. The van der Waals surface area contributed by atoms with E-state index in [9.17, 15) is 0 Å². The molecular weight excluding hydrogens is 252 g/mol. The van der Waals surface area contributed by atoms with Gasteiger partial charge in [-0.25, -0.2) is 4.98 Å². The van der Waals surface area contributed by atoms with Gasteiger partial charge in [0.05, 0.1) is 10.7 Å². The molecule has 0 saturated heterocycles. The van der Waals surface area contributed by atoms with Crippen LogP contribution in [-0.2, 0) is 13.0 Å². The molecule has 0 unspecified atom stereocenters. The van der Waals surface area contributed by atoms with Gasteiger partial charge in [0, 0.05) is 23.4 Å². The van der Waals surface area contributed by atoms with Crippen LogP contribution < -0.4 is 5.32 Å². The van der Waals surface area contributed by atoms with Gasteiger partial charge in [0.1, 0.15) is 0 Å². The summed E-state index contributed by atoms with van der Waals surface area (Å²) in [7, 11) is 0. The highest BCUT2D eigenvalue weighted by Gasteiger charge is 2.20. The molecular formula is C16H28N2S. The summed E-state index contributed by atoms with van der Waals surface area (Å²) in [4.78, 5) is 6.42. The summed E-state index contributed by atoms with van der Waals surface area (Å²) in [5.74, 6) is 0.741. The topological polar surface area (TPSA) is 24.9 Å². The van der Waals surface area contributed by atoms with Crippen LogP contribution in [0.1, 0.15) is 80.8 Å². The number of nitrogens with one attached hydrogen (secondary N) is 1. The van der Waals surface area contributed by atoms with Gasteiger partial charge in [0.15, 0.2) is 0 Å². The Labute approximate surface area is 122 Å². The third kappa shape index (κ3) is 4.28. The van der Waals surface area contributed by atoms with Gasteiger partial charge in [-0.2, -0.15) is 0 Å². The Morgan fingerprint density at radius 2 is 1.89 bits per heavy atom. The van der Waals surface area contributed by atoms with Crippen LogP contribution in [0.25, 0.3) is 0 Å². The Kier molecular flexibility index (Phi) is 5.83. The van der Waals surface area contributed by atoms with E-state index in [0.717, 1.165) is 18.9 Å². The predicted molar refractivity (Wildman–Crippen MR) is 83.9 cm³/mol. The number of thiazole rings is 1. The van der Waals surface area contributed by atoms with E-state index in [1.807, 2.05) is 11.3 Å². The number of aromatic nitrogens is 1. The fraction of sp³-hybridized carbons (Fsp3) is 0.812. The summed E-state index contributed by atoms with van der Waals surface area (Å²) in [5.41, 5.74) is 1.33. The molecule has 0 atom stereocenters. The van der Waals surface area contributed by atoms with Crippen LogP contribution in [0.2, 0.25) is 0 Å². The molecule has 1 aromatic rings. The molecule has 0 radical (unpaired) electrons. The average molecular weight is 280 g/mol. The van der Waals surface area contributed by atoms with Crippen LogP contribution >= 0.6 is 11.3 Å². The summed E-state index contributed by atoms with van der Waals surface area (Å²) in [6, 6.07) is 0.549. The summed E-state index contributed by atoms with van der Waals surface area (Å²) >= 11 is 1.97. The van der Waals surface area contributed by atoms with Crippen molar-refractivity contribution in [1.82, 2.24) is 10.3 Å². The third-order valence-electron chi connectivity index (χ3n) is 4.00. The first-order valence-electron chi connectivity index (χ1n) is 7.92. The van der Waals surface area contributed by atoms with Crippen molar-refractivity contribution >= 4 is 11.3 Å². The lowest BCUT2D eigenvalue weighted by Gasteiger charge is -2.09. The maximum atomic E-state index is 4.95. The second kappa shape index (κ2) is 7.39. The van der Waals surface area contributed by atoms with E-state index in [2.05, 4.69) is 26.1 Å². The molecule has 1 aliphatic rings. The first kappa shape index (κ1) is 15.0. The van der Waals surface area contributed by atoms with E-state index < -0.39 is 0 Å². The van der Waals surface area contributed by atoms with Crippen molar-refractivity contribution in [3.8, 4) is 0 Å². The molecule has 1 aliphatic carbocycles. The normalized spacial score (nSPS) is 17.9. The van der Waals surface area contributed by atoms with Crippen LogP contribution in [0.3, 0.4) is 0 Å². The molecule has 0 bridgehead atoms. The highest BCUT2D eigenvalue weighted by atomic mass is 32.1. The average Bonchev–Trinajstić information content (AvgIpc) is 2.61. The lowest BCUT2D eigenvalue weighted by molar-refractivity contribution is 0.585. The molecule has 2 rings (SSSR count). The van der Waals surface area contributed by atoms with Crippen molar-refractivity contribution in [3.05, 3.63) is 15.6 Å². The number of nitrogens with zero attached hydrogens (tertiary/aromatic N) is 1. The minimum absolute atomic E-state index is 0.549. The summed E-state index contributed by atoms with van der Waals surface area (Å²) in [6.45, 7) is 7.63. The van der Waals surface area contributed by atoms with Gasteiger partial charge in [-0.05, 0) is 19.3 Å². The minimum atomic E-state index is 0.549. The minimum Gasteiger partial charge on any atom is -0.310 e. The summed E-state index contributed by atoms with van der Waals surface area (Å²) in [6.07, 6.45) is 9.41. The van der Waals surface area contributed by atoms with Gasteiger partial charge >= 0.3 is 0 Å². The third-order valence-corrected chi connectivity index (χ3v) is 5.27. The number of aryl methyl sites for hydroxylation is 1. The molecule has 1 aromatic heterocycles. The van der Waals surface area contributed by atoms with Gasteiger partial charge in [0.25, 0.3) is 0 Å². The predicted octanol–water partition coefficient (Wildman–Crippen LogP) is 4.64. The highest BCUT2D eigenvalue weighted by Crippen LogP contribution is 2.35. The van der Waals surface area contributed by atoms with Crippen molar-refractivity contribution < 1.29 is 0 Å². The second-order valence-corrected chi connectivity index (χ2v) is 7.11. The van der Waals surface area contributed by atoms with Crippen molar-refractivity contribution in [1.29, 1.82) is 0 Å². The fourth-order valence-corrected chi connectivity index (χ4v) is 4.09. The molecule has 19 heavy (non-hydrogen) atoms. The molecule has 0 spiro atoms. The molecule has 0 amide bonds. The Bertz CT molecular complexity index is 376. The van der Waals surface area contributed by atoms with Gasteiger partial charge in [-0.1, -0.05) is 46.5 Å². The summed E-state index contributed by atoms with van der Waals surface area (Å²) in [5, 5.41) is 4.95. The van der Waals surface area contributed by atoms with Crippen LogP contribution in [0, 0.1) is 0 Å². The smallest absolute Gasteiger partial charge is 0.0962 e. The quantitative estimate of drug-likeness (QED) is 0.795. The Balaban J connectivity index is 2.08. The molecule has 108 valence electrons. The molecule has 1 heterocycles. The van der Waals surface area contributed by atoms with E-state index in [0.29, 0.717) is 6.04 Å². The Morgan fingerprint density at radius 3 is 2.47 bits per heavy atom. The second-order valence-electron chi connectivity index (χ2n) is 6.00. The van der Waals surface area contributed by atoms with E-state index in [4.69, 9.17) is 4.98 Å². The molecule has 0 aliphatic heterocycles. The van der Waals surface area contributed by atoms with Gasteiger partial charge in [-0.3, -0.25) is 0 Å². The van der Waals surface area contributed by atoms with Gasteiger partial charge in [-0.15, -0.1) is 11.3 Å². The molecule has 1 saturated carbocycles. The van der Waals surface area contributed by atoms with E-state index >= 15 is 0 Å². The SMILES string of the molecule is CCc1nc(C2CCCCCC2)sc1CNC(C)C. The van der Waals surface area contributed by atoms with Crippen molar-refractivity contribution in [3.63, 3.8) is 0 Å². The largest absolute Gasteiger partial charge is 0.310 e. The van der Waals surface area contributed by atoms with Crippen molar-refractivity contribution in [2.75, 3.05) is 0 Å². The summed E-state index contributed by atoms with van der Waals surface area (Å²) < 4.78 is 0. The Morgan fingerprint density at radius 1 is 1.21 bits per heavy atom.